The van der Waals surface area contributed by atoms with Crippen molar-refractivity contribution in [3.63, 3.8) is 0 Å². The normalized spacial score (nSPS) is 14.9. The zero-order valence-corrected chi connectivity index (χ0v) is 14.4. The molecule has 0 unspecified atom stereocenters. The number of hydrogen-bond acceptors (Lipinski definition) is 7. The van der Waals surface area contributed by atoms with E-state index in [1.54, 1.807) is 4.90 Å². The predicted molar refractivity (Wildman–Crippen MR) is 91.5 cm³/mol. The van der Waals surface area contributed by atoms with Gasteiger partial charge in [-0.1, -0.05) is 11.6 Å². The van der Waals surface area contributed by atoms with E-state index < -0.39 is 22.4 Å². The molecule has 8 nitrogen and oxygen atoms in total. The van der Waals surface area contributed by atoms with E-state index in [4.69, 9.17) is 16.3 Å². The van der Waals surface area contributed by atoms with Crippen molar-refractivity contribution in [2.45, 2.75) is 6.18 Å². The SMILES string of the molecule is O=[N+]([O-])c1c(Nc2cc(C(F)(F)F)ccc2Cl)ncnc1N1CCOCC1. The van der Waals surface area contributed by atoms with E-state index in [1.807, 2.05) is 0 Å². The van der Waals surface area contributed by atoms with Gasteiger partial charge in [-0.25, -0.2) is 9.97 Å². The lowest BCUT2D eigenvalue weighted by atomic mass is 10.2. The van der Waals surface area contributed by atoms with Crippen LogP contribution in [-0.2, 0) is 10.9 Å². The summed E-state index contributed by atoms with van der Waals surface area (Å²) in [6, 6.07) is 2.65. The molecule has 0 saturated carbocycles. The molecule has 1 aromatic carbocycles. The fourth-order valence-corrected chi connectivity index (χ4v) is 2.73. The fourth-order valence-electron chi connectivity index (χ4n) is 2.56. The first-order chi connectivity index (χ1) is 12.8. The van der Waals surface area contributed by atoms with Gasteiger partial charge in [0, 0.05) is 13.1 Å². The predicted octanol–water partition coefficient (Wildman–Crippen LogP) is 3.64. The Morgan fingerprint density at radius 3 is 2.59 bits per heavy atom. The maximum Gasteiger partial charge on any atom is 0.416 e. The average molecular weight is 404 g/mol. The molecule has 2 heterocycles. The molecule has 1 aliphatic heterocycles. The van der Waals surface area contributed by atoms with Crippen LogP contribution in [0.2, 0.25) is 5.02 Å². The van der Waals surface area contributed by atoms with Crippen molar-refractivity contribution >= 4 is 34.6 Å². The summed E-state index contributed by atoms with van der Waals surface area (Å²) in [6.07, 6.45) is -3.49. The van der Waals surface area contributed by atoms with Gasteiger partial charge in [0.15, 0.2) is 0 Å². The van der Waals surface area contributed by atoms with Gasteiger partial charge in [-0.05, 0) is 18.2 Å². The van der Waals surface area contributed by atoms with Crippen molar-refractivity contribution in [1.29, 1.82) is 0 Å². The highest BCUT2D eigenvalue weighted by Gasteiger charge is 2.32. The third-order valence-corrected chi connectivity index (χ3v) is 4.17. The number of nitro groups is 1. The number of ether oxygens (including phenoxy) is 1. The molecule has 1 N–H and O–H groups in total. The topological polar surface area (TPSA) is 93.4 Å². The van der Waals surface area contributed by atoms with Gasteiger partial charge in [-0.15, -0.1) is 0 Å². The van der Waals surface area contributed by atoms with Gasteiger partial charge in [-0.3, -0.25) is 10.1 Å². The lowest BCUT2D eigenvalue weighted by Crippen LogP contribution is -2.37. The second-order valence-electron chi connectivity index (χ2n) is 5.57. The lowest BCUT2D eigenvalue weighted by Gasteiger charge is -2.27. The third kappa shape index (κ3) is 4.19. The van der Waals surface area contributed by atoms with Crippen molar-refractivity contribution in [1.82, 2.24) is 9.97 Å². The molecule has 27 heavy (non-hydrogen) atoms. The zero-order chi connectivity index (χ0) is 19.6. The summed E-state index contributed by atoms with van der Waals surface area (Å²) in [6.45, 7) is 1.54. The Kier molecular flexibility index (Phi) is 5.33. The first-order valence-electron chi connectivity index (χ1n) is 7.73. The minimum atomic E-state index is -4.59. The maximum absolute atomic E-state index is 12.9. The quantitative estimate of drug-likeness (QED) is 0.615. The van der Waals surface area contributed by atoms with Gasteiger partial charge < -0.3 is 15.0 Å². The average Bonchev–Trinajstić information content (AvgIpc) is 2.63. The smallest absolute Gasteiger partial charge is 0.378 e. The van der Waals surface area contributed by atoms with Crippen LogP contribution >= 0.6 is 11.6 Å². The number of hydrogen-bond donors (Lipinski definition) is 1. The van der Waals surface area contributed by atoms with Gasteiger partial charge in [0.1, 0.15) is 6.33 Å². The van der Waals surface area contributed by atoms with Crippen LogP contribution < -0.4 is 10.2 Å². The fraction of sp³-hybridized carbons (Fsp3) is 0.333. The summed E-state index contributed by atoms with van der Waals surface area (Å²) in [7, 11) is 0. The van der Waals surface area contributed by atoms with Crippen molar-refractivity contribution in [3.8, 4) is 0 Å². The molecule has 0 atom stereocenters. The number of morpholine rings is 1. The largest absolute Gasteiger partial charge is 0.416 e. The molecule has 0 bridgehead atoms. The first-order valence-corrected chi connectivity index (χ1v) is 8.11. The highest BCUT2D eigenvalue weighted by atomic mass is 35.5. The van der Waals surface area contributed by atoms with E-state index in [1.165, 1.54) is 0 Å². The number of nitrogens with zero attached hydrogens (tertiary/aromatic N) is 4. The summed E-state index contributed by atoms with van der Waals surface area (Å²) in [5.41, 5.74) is -1.55. The molecule has 0 aliphatic carbocycles. The molecule has 1 fully saturated rings. The van der Waals surface area contributed by atoms with Crippen molar-refractivity contribution in [2.75, 3.05) is 36.5 Å². The Balaban J connectivity index is 2.01. The Bertz CT molecular complexity index is 859. The number of anilines is 3. The molecule has 144 valence electrons. The molecular formula is C15H13ClF3N5O3. The highest BCUT2D eigenvalue weighted by Crippen LogP contribution is 2.38. The van der Waals surface area contributed by atoms with Crippen LogP contribution in [0.4, 0.5) is 36.2 Å². The van der Waals surface area contributed by atoms with Crippen LogP contribution in [-0.4, -0.2) is 41.2 Å². The van der Waals surface area contributed by atoms with Crippen molar-refractivity contribution in [2.24, 2.45) is 0 Å². The lowest BCUT2D eigenvalue weighted by molar-refractivity contribution is -0.383. The summed E-state index contributed by atoms with van der Waals surface area (Å²) < 4.78 is 44.0. The molecule has 1 aliphatic rings. The maximum atomic E-state index is 12.9. The monoisotopic (exact) mass is 403 g/mol. The van der Waals surface area contributed by atoms with E-state index in [2.05, 4.69) is 15.3 Å². The number of halogens is 4. The molecule has 0 amide bonds. The van der Waals surface area contributed by atoms with E-state index >= 15 is 0 Å². The molecule has 2 aromatic rings. The second-order valence-corrected chi connectivity index (χ2v) is 5.98. The van der Waals surface area contributed by atoms with Crippen LogP contribution in [0, 0.1) is 10.1 Å². The highest BCUT2D eigenvalue weighted by molar-refractivity contribution is 6.33. The van der Waals surface area contributed by atoms with E-state index in [9.17, 15) is 23.3 Å². The van der Waals surface area contributed by atoms with Gasteiger partial charge in [-0.2, -0.15) is 13.2 Å². The molecule has 0 spiro atoms. The number of rotatable bonds is 4. The van der Waals surface area contributed by atoms with E-state index in [-0.39, 0.29) is 22.3 Å². The van der Waals surface area contributed by atoms with E-state index in [0.717, 1.165) is 24.5 Å². The molecule has 1 saturated heterocycles. The van der Waals surface area contributed by atoms with E-state index in [0.29, 0.717) is 26.3 Å². The van der Waals surface area contributed by atoms with Gasteiger partial charge in [0.2, 0.25) is 11.6 Å². The van der Waals surface area contributed by atoms with Crippen LogP contribution in [0.15, 0.2) is 24.5 Å². The summed E-state index contributed by atoms with van der Waals surface area (Å²) in [5.74, 6) is -0.193. The number of alkyl halides is 3. The van der Waals surface area contributed by atoms with Crippen molar-refractivity contribution < 1.29 is 22.8 Å². The number of aromatic nitrogens is 2. The minimum absolute atomic E-state index is 0.0381. The van der Waals surface area contributed by atoms with Gasteiger partial charge in [0.25, 0.3) is 0 Å². The Morgan fingerprint density at radius 1 is 1.26 bits per heavy atom. The summed E-state index contributed by atoms with van der Waals surface area (Å²) >= 11 is 5.95. The summed E-state index contributed by atoms with van der Waals surface area (Å²) in [4.78, 5) is 20.4. The number of nitrogens with one attached hydrogen (secondary N) is 1. The molecule has 0 radical (unpaired) electrons. The van der Waals surface area contributed by atoms with Crippen molar-refractivity contribution in [3.05, 3.63) is 45.2 Å². The zero-order valence-electron chi connectivity index (χ0n) is 13.7. The molecule has 1 aromatic heterocycles. The summed E-state index contributed by atoms with van der Waals surface area (Å²) in [5, 5.41) is 14.1. The standard InChI is InChI=1S/C15H13ClF3N5O3/c16-10-2-1-9(15(17,18)19)7-11(10)22-13-12(24(25)26)14(21-8-20-13)23-3-5-27-6-4-23/h1-2,7-8H,3-6H2,(H,20,21,22). The first kappa shape index (κ1) is 19.1. The Morgan fingerprint density at radius 2 is 1.96 bits per heavy atom. The third-order valence-electron chi connectivity index (χ3n) is 3.84. The van der Waals surface area contributed by atoms with Crippen LogP contribution in [0.3, 0.4) is 0 Å². The Hall–Kier alpha value is -2.66. The minimum Gasteiger partial charge on any atom is -0.378 e. The number of benzene rings is 1. The van der Waals surface area contributed by atoms with Gasteiger partial charge >= 0.3 is 11.9 Å². The van der Waals surface area contributed by atoms with Crippen LogP contribution in [0.25, 0.3) is 0 Å². The van der Waals surface area contributed by atoms with Gasteiger partial charge in [0.05, 0.1) is 34.4 Å². The van der Waals surface area contributed by atoms with Crippen LogP contribution in [0.5, 0.6) is 0 Å². The second kappa shape index (κ2) is 7.53. The molecule has 3 rings (SSSR count). The Labute approximate surface area is 156 Å². The van der Waals surface area contributed by atoms with Crippen LogP contribution in [0.1, 0.15) is 5.56 Å². The molecule has 12 heteroatoms. The molecular weight excluding hydrogens is 391 g/mol.